The van der Waals surface area contributed by atoms with Crippen molar-refractivity contribution in [3.8, 4) is 0 Å². The van der Waals surface area contributed by atoms with Gasteiger partial charge >= 0.3 is 0 Å². The molecule has 1 saturated carbocycles. The van der Waals surface area contributed by atoms with Gasteiger partial charge in [-0.1, -0.05) is 26.7 Å². The Morgan fingerprint density at radius 1 is 1.43 bits per heavy atom. The predicted molar refractivity (Wildman–Crippen MR) is 83.0 cm³/mol. The number of hydrogen-bond donors (Lipinski definition) is 2. The summed E-state index contributed by atoms with van der Waals surface area (Å²) in [5.41, 5.74) is -0.880. The van der Waals surface area contributed by atoms with E-state index in [0.29, 0.717) is 18.8 Å². The highest BCUT2D eigenvalue weighted by atomic mass is 16.3. The molecule has 1 amide bonds. The van der Waals surface area contributed by atoms with E-state index in [-0.39, 0.29) is 12.3 Å². The average molecular weight is 293 g/mol. The molecule has 0 saturated heterocycles. The monoisotopic (exact) mass is 293 g/mol. The lowest BCUT2D eigenvalue weighted by molar-refractivity contribution is -0.121. The molecule has 0 bridgehead atoms. The maximum atomic E-state index is 12.2. The number of nitrogens with one attached hydrogen (secondary N) is 1. The topological polar surface area (TPSA) is 67.2 Å². The molecular formula is C16H27N3O2. The zero-order chi connectivity index (χ0) is 15.3. The number of aliphatic hydroxyl groups is 1. The van der Waals surface area contributed by atoms with E-state index in [0.717, 1.165) is 25.2 Å². The molecular weight excluding hydrogens is 266 g/mol. The quantitative estimate of drug-likeness (QED) is 0.735. The number of hydrogen-bond acceptors (Lipinski definition) is 3. The molecule has 1 aromatic rings. The molecule has 1 aliphatic carbocycles. The molecule has 2 rings (SSSR count). The third kappa shape index (κ3) is 4.84. The van der Waals surface area contributed by atoms with Crippen molar-refractivity contribution in [1.82, 2.24) is 9.78 Å². The molecule has 0 unspecified atom stereocenters. The first-order valence-corrected chi connectivity index (χ1v) is 8.10. The third-order valence-electron chi connectivity index (χ3n) is 4.03. The maximum absolute atomic E-state index is 12.2. The van der Waals surface area contributed by atoms with E-state index in [1.165, 1.54) is 12.8 Å². The van der Waals surface area contributed by atoms with Crippen LogP contribution in [0.15, 0.2) is 12.3 Å². The van der Waals surface area contributed by atoms with Crippen LogP contribution in [0.1, 0.15) is 58.8 Å². The van der Waals surface area contributed by atoms with E-state index in [4.69, 9.17) is 0 Å². The van der Waals surface area contributed by atoms with Crippen molar-refractivity contribution in [2.75, 3.05) is 5.32 Å². The summed E-state index contributed by atoms with van der Waals surface area (Å²) in [5.74, 6) is 1.32. The standard InChI is InChI=1S/C16H27N3O2/c1-3-8-16(21,9-4-2)11-15(20)18-14-7-10-17-19(14)12-13-5-6-13/h7,10,13,21H,3-6,8-9,11-12H2,1-2H3,(H,18,20). The lowest BCUT2D eigenvalue weighted by Gasteiger charge is -2.26. The van der Waals surface area contributed by atoms with Crippen molar-refractivity contribution in [1.29, 1.82) is 0 Å². The number of aromatic nitrogens is 2. The van der Waals surface area contributed by atoms with E-state index in [9.17, 15) is 9.90 Å². The van der Waals surface area contributed by atoms with Crippen molar-refractivity contribution in [2.24, 2.45) is 5.92 Å². The highest BCUT2D eigenvalue weighted by Crippen LogP contribution is 2.31. The molecule has 1 fully saturated rings. The number of anilines is 1. The summed E-state index contributed by atoms with van der Waals surface area (Å²) in [4.78, 5) is 12.2. The third-order valence-corrected chi connectivity index (χ3v) is 4.03. The first-order chi connectivity index (χ1) is 10.1. The van der Waals surface area contributed by atoms with E-state index in [1.54, 1.807) is 6.20 Å². The lowest BCUT2D eigenvalue weighted by atomic mass is 9.89. The van der Waals surface area contributed by atoms with Crippen molar-refractivity contribution in [2.45, 2.75) is 70.9 Å². The summed E-state index contributed by atoms with van der Waals surface area (Å²) in [6.45, 7) is 4.93. The minimum absolute atomic E-state index is 0.128. The van der Waals surface area contributed by atoms with Crippen LogP contribution >= 0.6 is 0 Å². The van der Waals surface area contributed by atoms with Gasteiger partial charge in [0.1, 0.15) is 5.82 Å². The second kappa shape index (κ2) is 7.07. The van der Waals surface area contributed by atoms with E-state index in [1.807, 2.05) is 24.6 Å². The van der Waals surface area contributed by atoms with Gasteiger partial charge in [0, 0.05) is 12.6 Å². The number of nitrogens with zero attached hydrogens (tertiary/aromatic N) is 2. The molecule has 5 heteroatoms. The molecule has 0 radical (unpaired) electrons. The van der Waals surface area contributed by atoms with Crippen LogP contribution < -0.4 is 5.32 Å². The summed E-state index contributed by atoms with van der Waals surface area (Å²) in [6, 6.07) is 1.82. The largest absolute Gasteiger partial charge is 0.389 e. The molecule has 1 aromatic heterocycles. The highest BCUT2D eigenvalue weighted by molar-refractivity contribution is 5.90. The Morgan fingerprint density at radius 3 is 2.67 bits per heavy atom. The van der Waals surface area contributed by atoms with Crippen molar-refractivity contribution in [3.05, 3.63) is 12.3 Å². The molecule has 0 atom stereocenters. The van der Waals surface area contributed by atoms with Gasteiger partial charge in [0.25, 0.3) is 0 Å². The Morgan fingerprint density at radius 2 is 2.10 bits per heavy atom. The van der Waals surface area contributed by atoms with Crippen LogP contribution in [0.5, 0.6) is 0 Å². The summed E-state index contributed by atoms with van der Waals surface area (Å²) in [7, 11) is 0. The minimum atomic E-state index is -0.880. The van der Waals surface area contributed by atoms with Crippen LogP contribution in [0, 0.1) is 5.92 Å². The average Bonchev–Trinajstić information content (AvgIpc) is 3.11. The zero-order valence-electron chi connectivity index (χ0n) is 13.1. The van der Waals surface area contributed by atoms with Crippen molar-refractivity contribution < 1.29 is 9.90 Å². The van der Waals surface area contributed by atoms with Crippen LogP contribution in [0.3, 0.4) is 0 Å². The predicted octanol–water partition coefficient (Wildman–Crippen LogP) is 2.95. The minimum Gasteiger partial charge on any atom is -0.389 e. The Labute approximate surface area is 126 Å². The Balaban J connectivity index is 1.92. The number of carbonyl (C=O) groups excluding carboxylic acids is 1. The molecule has 0 aromatic carbocycles. The summed E-state index contributed by atoms with van der Waals surface area (Å²) in [6.07, 6.45) is 7.45. The van der Waals surface area contributed by atoms with E-state index < -0.39 is 5.60 Å². The second-order valence-corrected chi connectivity index (χ2v) is 6.29. The maximum Gasteiger partial charge on any atom is 0.228 e. The Bertz CT molecular complexity index is 460. The van der Waals surface area contributed by atoms with Gasteiger partial charge in [-0.3, -0.25) is 4.79 Å². The summed E-state index contributed by atoms with van der Waals surface area (Å²) >= 11 is 0. The van der Waals surface area contributed by atoms with Crippen molar-refractivity contribution >= 4 is 11.7 Å². The molecule has 0 aliphatic heterocycles. The summed E-state index contributed by atoms with van der Waals surface area (Å²) < 4.78 is 1.86. The van der Waals surface area contributed by atoms with Gasteiger partial charge in [0.05, 0.1) is 18.2 Å². The van der Waals surface area contributed by atoms with Crippen LogP contribution in [0.4, 0.5) is 5.82 Å². The van der Waals surface area contributed by atoms with Crippen LogP contribution in [-0.2, 0) is 11.3 Å². The normalized spacial score (nSPS) is 15.2. The number of amides is 1. The van der Waals surface area contributed by atoms with Gasteiger partial charge < -0.3 is 10.4 Å². The van der Waals surface area contributed by atoms with Crippen molar-refractivity contribution in [3.63, 3.8) is 0 Å². The molecule has 0 spiro atoms. The number of rotatable bonds is 9. The van der Waals surface area contributed by atoms with Gasteiger partial charge in [-0.2, -0.15) is 5.10 Å². The smallest absolute Gasteiger partial charge is 0.228 e. The first kappa shape index (κ1) is 16.0. The molecule has 118 valence electrons. The molecule has 1 heterocycles. The van der Waals surface area contributed by atoms with E-state index >= 15 is 0 Å². The fourth-order valence-corrected chi connectivity index (χ4v) is 2.85. The first-order valence-electron chi connectivity index (χ1n) is 8.10. The van der Waals surface area contributed by atoms with Gasteiger partial charge in [0.2, 0.25) is 5.91 Å². The Hall–Kier alpha value is -1.36. The van der Waals surface area contributed by atoms with Gasteiger partial charge in [0.15, 0.2) is 0 Å². The van der Waals surface area contributed by atoms with E-state index in [2.05, 4.69) is 10.4 Å². The fourth-order valence-electron chi connectivity index (χ4n) is 2.85. The van der Waals surface area contributed by atoms with Crippen LogP contribution in [-0.4, -0.2) is 26.4 Å². The molecule has 1 aliphatic rings. The van der Waals surface area contributed by atoms with Gasteiger partial charge in [-0.05, 0) is 31.6 Å². The highest BCUT2D eigenvalue weighted by Gasteiger charge is 2.29. The van der Waals surface area contributed by atoms with Crippen LogP contribution in [0.2, 0.25) is 0 Å². The molecule has 5 nitrogen and oxygen atoms in total. The zero-order valence-corrected chi connectivity index (χ0v) is 13.1. The SMILES string of the molecule is CCCC(O)(CCC)CC(=O)Nc1ccnn1CC1CC1. The molecule has 21 heavy (non-hydrogen) atoms. The lowest BCUT2D eigenvalue weighted by Crippen LogP contribution is -2.34. The van der Waals surface area contributed by atoms with Crippen LogP contribution in [0.25, 0.3) is 0 Å². The molecule has 2 N–H and O–H groups in total. The van der Waals surface area contributed by atoms with Gasteiger partial charge in [-0.15, -0.1) is 0 Å². The van der Waals surface area contributed by atoms with Gasteiger partial charge in [-0.25, -0.2) is 4.68 Å². The second-order valence-electron chi connectivity index (χ2n) is 6.29. The Kier molecular flexibility index (Phi) is 5.39. The summed E-state index contributed by atoms with van der Waals surface area (Å²) in [5, 5.41) is 17.7. The fraction of sp³-hybridized carbons (Fsp3) is 0.750. The number of carbonyl (C=O) groups is 1.